The normalized spacial score (nSPS) is 18.1. The minimum atomic E-state index is -0.173. The highest BCUT2D eigenvalue weighted by molar-refractivity contribution is 5.99. The number of carbonyl (C=O) groups excluding carboxylic acids is 2. The standard InChI is InChI=1S/C9H16N2O3/c1-7(2)14-4-3-11-8(12)5-10-6-9(11)13/h7,10H,3-6H2,1-2H3. The zero-order chi connectivity index (χ0) is 10.6. The molecule has 80 valence electrons. The molecule has 0 atom stereocenters. The topological polar surface area (TPSA) is 58.6 Å². The van der Waals surface area contributed by atoms with Gasteiger partial charge in [0.05, 0.1) is 32.3 Å². The molecule has 1 aliphatic heterocycles. The number of ether oxygens (including phenoxy) is 1. The molecule has 0 bridgehead atoms. The molecule has 0 spiro atoms. The van der Waals surface area contributed by atoms with Crippen molar-refractivity contribution in [2.75, 3.05) is 26.2 Å². The van der Waals surface area contributed by atoms with E-state index in [1.165, 1.54) is 4.90 Å². The molecule has 0 aromatic heterocycles. The number of piperazine rings is 1. The number of carbonyl (C=O) groups is 2. The van der Waals surface area contributed by atoms with Gasteiger partial charge in [-0.25, -0.2) is 0 Å². The van der Waals surface area contributed by atoms with Crippen molar-refractivity contribution in [3.05, 3.63) is 0 Å². The Kier molecular flexibility index (Phi) is 4.03. The van der Waals surface area contributed by atoms with E-state index in [0.29, 0.717) is 13.2 Å². The van der Waals surface area contributed by atoms with Crippen molar-refractivity contribution >= 4 is 11.8 Å². The van der Waals surface area contributed by atoms with E-state index in [1.54, 1.807) is 0 Å². The van der Waals surface area contributed by atoms with Crippen molar-refractivity contribution in [3.8, 4) is 0 Å². The zero-order valence-electron chi connectivity index (χ0n) is 8.58. The first-order valence-corrected chi connectivity index (χ1v) is 4.76. The summed E-state index contributed by atoms with van der Waals surface area (Å²) >= 11 is 0. The molecule has 14 heavy (non-hydrogen) atoms. The summed E-state index contributed by atoms with van der Waals surface area (Å²) in [6.07, 6.45) is 0.128. The van der Waals surface area contributed by atoms with Gasteiger partial charge in [-0.3, -0.25) is 19.8 Å². The molecule has 2 amide bonds. The van der Waals surface area contributed by atoms with E-state index in [-0.39, 0.29) is 31.0 Å². The first-order valence-electron chi connectivity index (χ1n) is 4.76. The monoisotopic (exact) mass is 200 g/mol. The van der Waals surface area contributed by atoms with E-state index >= 15 is 0 Å². The molecule has 0 radical (unpaired) electrons. The second-order valence-corrected chi connectivity index (χ2v) is 3.46. The number of hydrogen-bond donors (Lipinski definition) is 1. The average molecular weight is 200 g/mol. The van der Waals surface area contributed by atoms with Crippen molar-refractivity contribution in [1.82, 2.24) is 10.2 Å². The SMILES string of the molecule is CC(C)OCCN1C(=O)CNCC1=O. The lowest BCUT2D eigenvalue weighted by Crippen LogP contribution is -2.53. The Hall–Kier alpha value is -0.940. The Labute approximate surface area is 83.4 Å². The molecule has 0 saturated carbocycles. The van der Waals surface area contributed by atoms with Crippen LogP contribution in [0.15, 0.2) is 0 Å². The number of imide groups is 1. The highest BCUT2D eigenvalue weighted by atomic mass is 16.5. The van der Waals surface area contributed by atoms with Crippen LogP contribution in [0, 0.1) is 0 Å². The second kappa shape index (κ2) is 5.07. The van der Waals surface area contributed by atoms with Crippen LogP contribution in [0.25, 0.3) is 0 Å². The fourth-order valence-electron chi connectivity index (χ4n) is 1.24. The van der Waals surface area contributed by atoms with Crippen molar-refractivity contribution in [2.24, 2.45) is 0 Å². The van der Waals surface area contributed by atoms with Crippen LogP contribution in [0.5, 0.6) is 0 Å². The Bertz CT molecular complexity index is 212. The lowest BCUT2D eigenvalue weighted by Gasteiger charge is -2.25. The molecule has 1 aliphatic rings. The smallest absolute Gasteiger partial charge is 0.243 e. The van der Waals surface area contributed by atoms with Crippen molar-refractivity contribution < 1.29 is 14.3 Å². The summed E-state index contributed by atoms with van der Waals surface area (Å²) in [6, 6.07) is 0. The number of rotatable bonds is 4. The molecule has 1 rings (SSSR count). The Morgan fingerprint density at radius 2 is 1.93 bits per heavy atom. The molecule has 1 heterocycles. The molecule has 0 aromatic carbocycles. The first-order chi connectivity index (χ1) is 6.61. The predicted octanol–water partition coefficient (Wildman–Crippen LogP) is -0.630. The molecule has 1 N–H and O–H groups in total. The summed E-state index contributed by atoms with van der Waals surface area (Å²) in [5, 5.41) is 2.73. The molecular weight excluding hydrogens is 184 g/mol. The van der Waals surface area contributed by atoms with Gasteiger partial charge in [0.1, 0.15) is 0 Å². The number of amides is 2. The van der Waals surface area contributed by atoms with E-state index in [0.717, 1.165) is 0 Å². The van der Waals surface area contributed by atoms with E-state index < -0.39 is 0 Å². The van der Waals surface area contributed by atoms with Gasteiger partial charge in [-0.15, -0.1) is 0 Å². The molecule has 5 heteroatoms. The largest absolute Gasteiger partial charge is 0.377 e. The quantitative estimate of drug-likeness (QED) is 0.614. The molecule has 0 unspecified atom stereocenters. The fraction of sp³-hybridized carbons (Fsp3) is 0.778. The van der Waals surface area contributed by atoms with Crippen LogP contribution in [0.1, 0.15) is 13.8 Å². The van der Waals surface area contributed by atoms with Crippen LogP contribution < -0.4 is 5.32 Å². The maximum absolute atomic E-state index is 11.3. The van der Waals surface area contributed by atoms with E-state index in [9.17, 15) is 9.59 Å². The number of hydrogen-bond acceptors (Lipinski definition) is 4. The van der Waals surface area contributed by atoms with E-state index in [2.05, 4.69) is 5.32 Å². The van der Waals surface area contributed by atoms with E-state index in [4.69, 9.17) is 4.74 Å². The molecular formula is C9H16N2O3. The number of nitrogens with one attached hydrogen (secondary N) is 1. The van der Waals surface area contributed by atoms with Crippen molar-refractivity contribution in [1.29, 1.82) is 0 Å². The van der Waals surface area contributed by atoms with Gasteiger partial charge in [-0.1, -0.05) is 0 Å². The summed E-state index contributed by atoms with van der Waals surface area (Å²) in [6.45, 7) is 5.09. The highest BCUT2D eigenvalue weighted by Gasteiger charge is 2.24. The van der Waals surface area contributed by atoms with Crippen LogP contribution in [-0.2, 0) is 14.3 Å². The lowest BCUT2D eigenvalue weighted by atomic mass is 10.3. The summed E-state index contributed by atoms with van der Waals surface area (Å²) in [5.41, 5.74) is 0. The average Bonchev–Trinajstić information content (AvgIpc) is 2.09. The van der Waals surface area contributed by atoms with E-state index in [1.807, 2.05) is 13.8 Å². The van der Waals surface area contributed by atoms with Gasteiger partial charge in [0, 0.05) is 0 Å². The van der Waals surface area contributed by atoms with Gasteiger partial charge in [-0.05, 0) is 13.8 Å². The van der Waals surface area contributed by atoms with Gasteiger partial charge in [-0.2, -0.15) is 0 Å². The second-order valence-electron chi connectivity index (χ2n) is 3.46. The molecule has 5 nitrogen and oxygen atoms in total. The maximum Gasteiger partial charge on any atom is 0.243 e. The summed E-state index contributed by atoms with van der Waals surface area (Å²) in [7, 11) is 0. The third-order valence-electron chi connectivity index (χ3n) is 1.92. The van der Waals surface area contributed by atoms with Crippen molar-refractivity contribution in [2.45, 2.75) is 20.0 Å². The Morgan fingerprint density at radius 3 is 2.43 bits per heavy atom. The van der Waals surface area contributed by atoms with Crippen LogP contribution in [0.2, 0.25) is 0 Å². The van der Waals surface area contributed by atoms with Crippen LogP contribution in [-0.4, -0.2) is 49.1 Å². The number of nitrogens with zero attached hydrogens (tertiary/aromatic N) is 1. The van der Waals surface area contributed by atoms with Crippen LogP contribution in [0.4, 0.5) is 0 Å². The minimum Gasteiger partial charge on any atom is -0.377 e. The lowest BCUT2D eigenvalue weighted by molar-refractivity contribution is -0.147. The molecule has 1 fully saturated rings. The first kappa shape index (κ1) is 11.1. The molecule has 0 aliphatic carbocycles. The minimum absolute atomic E-state index is 0.128. The van der Waals surface area contributed by atoms with Crippen LogP contribution in [0.3, 0.4) is 0 Å². The third kappa shape index (κ3) is 3.08. The van der Waals surface area contributed by atoms with Gasteiger partial charge in [0.25, 0.3) is 0 Å². The third-order valence-corrected chi connectivity index (χ3v) is 1.92. The van der Waals surface area contributed by atoms with Gasteiger partial charge in [0.2, 0.25) is 11.8 Å². The van der Waals surface area contributed by atoms with Crippen molar-refractivity contribution in [3.63, 3.8) is 0 Å². The Balaban J connectivity index is 2.33. The zero-order valence-corrected chi connectivity index (χ0v) is 8.58. The summed E-state index contributed by atoms with van der Waals surface area (Å²) in [4.78, 5) is 23.8. The molecule has 0 aromatic rings. The Morgan fingerprint density at radius 1 is 1.36 bits per heavy atom. The summed E-state index contributed by atoms with van der Waals surface area (Å²) < 4.78 is 5.27. The van der Waals surface area contributed by atoms with Crippen LogP contribution >= 0.6 is 0 Å². The van der Waals surface area contributed by atoms with Gasteiger partial charge >= 0.3 is 0 Å². The van der Waals surface area contributed by atoms with Gasteiger partial charge in [0.15, 0.2) is 0 Å². The predicted molar refractivity (Wildman–Crippen MR) is 50.7 cm³/mol. The highest BCUT2D eigenvalue weighted by Crippen LogP contribution is 1.97. The maximum atomic E-state index is 11.3. The molecule has 1 saturated heterocycles. The fourth-order valence-corrected chi connectivity index (χ4v) is 1.24. The van der Waals surface area contributed by atoms with Gasteiger partial charge < -0.3 is 4.74 Å². The summed E-state index contributed by atoms with van der Waals surface area (Å²) in [5.74, 6) is -0.345.